The fourth-order valence-electron chi connectivity index (χ4n) is 2.39. The van der Waals surface area contributed by atoms with Crippen LogP contribution in [0.25, 0.3) is 0 Å². The van der Waals surface area contributed by atoms with Crippen molar-refractivity contribution in [2.24, 2.45) is 5.73 Å². The summed E-state index contributed by atoms with van der Waals surface area (Å²) in [7, 11) is 0. The van der Waals surface area contributed by atoms with Crippen molar-refractivity contribution in [3.05, 3.63) is 0 Å². The van der Waals surface area contributed by atoms with Crippen molar-refractivity contribution in [2.45, 2.75) is 39.2 Å². The van der Waals surface area contributed by atoms with Gasteiger partial charge in [0.2, 0.25) is 11.8 Å². The van der Waals surface area contributed by atoms with Crippen LogP contribution in [0.15, 0.2) is 0 Å². The minimum Gasteiger partial charge on any atom is -0.369 e. The third-order valence-electron chi connectivity index (χ3n) is 3.44. The number of carbonyl (C=O) groups excluding carboxylic acids is 2. The van der Waals surface area contributed by atoms with Crippen molar-refractivity contribution < 1.29 is 9.59 Å². The number of primary amides is 1. The lowest BCUT2D eigenvalue weighted by molar-refractivity contribution is -0.131. The second-order valence-electron chi connectivity index (χ2n) is 5.69. The highest BCUT2D eigenvalue weighted by atomic mass is 16.2. The maximum atomic E-state index is 12.1. The molecule has 0 radical (unpaired) electrons. The topological polar surface area (TPSA) is 78.7 Å². The molecule has 6 heteroatoms. The molecule has 116 valence electrons. The Kier molecular flexibility index (Phi) is 7.54. The molecule has 0 aromatic carbocycles. The van der Waals surface area contributed by atoms with E-state index in [1.165, 1.54) is 0 Å². The van der Waals surface area contributed by atoms with E-state index in [-0.39, 0.29) is 11.8 Å². The average molecular weight is 284 g/mol. The van der Waals surface area contributed by atoms with E-state index in [1.807, 2.05) is 9.80 Å². The quantitative estimate of drug-likeness (QED) is 0.634. The largest absolute Gasteiger partial charge is 0.369 e. The Morgan fingerprint density at radius 3 is 2.60 bits per heavy atom. The van der Waals surface area contributed by atoms with Crippen molar-refractivity contribution in [1.29, 1.82) is 0 Å². The van der Waals surface area contributed by atoms with Gasteiger partial charge < -0.3 is 16.0 Å². The number of rotatable bonds is 7. The summed E-state index contributed by atoms with van der Waals surface area (Å²) in [5.74, 6) is -0.0824. The molecule has 0 aromatic heterocycles. The summed E-state index contributed by atoms with van der Waals surface area (Å²) in [5, 5.41) is 3.31. The fourth-order valence-corrected chi connectivity index (χ4v) is 2.39. The first-order chi connectivity index (χ1) is 9.49. The van der Waals surface area contributed by atoms with Gasteiger partial charge in [0.25, 0.3) is 0 Å². The minimum absolute atomic E-state index is 0.219. The molecule has 1 aliphatic heterocycles. The highest BCUT2D eigenvalue weighted by molar-refractivity contribution is 5.76. The highest BCUT2D eigenvalue weighted by Crippen LogP contribution is 2.05. The first kappa shape index (κ1) is 16.9. The van der Waals surface area contributed by atoms with E-state index in [9.17, 15) is 9.59 Å². The minimum atomic E-state index is -0.301. The van der Waals surface area contributed by atoms with Crippen LogP contribution >= 0.6 is 0 Å². The lowest BCUT2D eigenvalue weighted by Gasteiger charge is -2.21. The standard InChI is InChI=1S/C14H28N4O2/c1-12(2)16-6-3-5-14(20)18-8-4-7-17(9-10-18)11-13(15)19/h12,16H,3-11H2,1-2H3,(H2,15,19). The lowest BCUT2D eigenvalue weighted by atomic mass is 10.2. The molecule has 1 heterocycles. The maximum absolute atomic E-state index is 12.1. The molecular weight excluding hydrogens is 256 g/mol. The van der Waals surface area contributed by atoms with Gasteiger partial charge in [0, 0.05) is 38.6 Å². The Labute approximate surface area is 121 Å². The van der Waals surface area contributed by atoms with Gasteiger partial charge in [-0.05, 0) is 19.4 Å². The van der Waals surface area contributed by atoms with Crippen LogP contribution in [0, 0.1) is 0 Å². The Bertz CT molecular complexity index is 320. The summed E-state index contributed by atoms with van der Waals surface area (Å²) in [6.45, 7) is 8.43. The van der Waals surface area contributed by atoms with Crippen LogP contribution in [-0.2, 0) is 9.59 Å². The van der Waals surface area contributed by atoms with E-state index in [2.05, 4.69) is 19.2 Å². The number of amides is 2. The van der Waals surface area contributed by atoms with E-state index >= 15 is 0 Å². The summed E-state index contributed by atoms with van der Waals surface area (Å²) >= 11 is 0. The number of hydrogen-bond acceptors (Lipinski definition) is 4. The summed E-state index contributed by atoms with van der Waals surface area (Å²) in [6.07, 6.45) is 2.37. The van der Waals surface area contributed by atoms with Crippen LogP contribution < -0.4 is 11.1 Å². The van der Waals surface area contributed by atoms with Crippen molar-refractivity contribution in [2.75, 3.05) is 39.3 Å². The molecule has 1 saturated heterocycles. The molecule has 0 saturated carbocycles. The van der Waals surface area contributed by atoms with E-state index in [0.717, 1.165) is 39.0 Å². The molecule has 0 aliphatic carbocycles. The second-order valence-corrected chi connectivity index (χ2v) is 5.69. The molecule has 1 rings (SSSR count). The van der Waals surface area contributed by atoms with Crippen LogP contribution in [0.5, 0.6) is 0 Å². The molecule has 0 unspecified atom stereocenters. The molecule has 2 amide bonds. The van der Waals surface area contributed by atoms with Crippen molar-refractivity contribution in [3.63, 3.8) is 0 Å². The van der Waals surface area contributed by atoms with Crippen molar-refractivity contribution >= 4 is 11.8 Å². The number of hydrogen-bond donors (Lipinski definition) is 2. The first-order valence-corrected chi connectivity index (χ1v) is 7.51. The number of carbonyl (C=O) groups is 2. The molecule has 6 nitrogen and oxygen atoms in total. The van der Waals surface area contributed by atoms with Gasteiger partial charge in [-0.25, -0.2) is 0 Å². The zero-order valence-electron chi connectivity index (χ0n) is 12.7. The summed E-state index contributed by atoms with van der Waals surface area (Å²) in [4.78, 5) is 27.0. The van der Waals surface area contributed by atoms with Gasteiger partial charge in [-0.15, -0.1) is 0 Å². The van der Waals surface area contributed by atoms with Crippen LogP contribution in [0.2, 0.25) is 0 Å². The zero-order chi connectivity index (χ0) is 15.0. The van der Waals surface area contributed by atoms with Gasteiger partial charge in [-0.1, -0.05) is 13.8 Å². The van der Waals surface area contributed by atoms with Crippen LogP contribution in [0.3, 0.4) is 0 Å². The van der Waals surface area contributed by atoms with Crippen LogP contribution in [0.4, 0.5) is 0 Å². The van der Waals surface area contributed by atoms with Gasteiger partial charge in [0.1, 0.15) is 0 Å². The number of nitrogens with two attached hydrogens (primary N) is 1. The number of nitrogens with zero attached hydrogens (tertiary/aromatic N) is 2. The zero-order valence-corrected chi connectivity index (χ0v) is 12.7. The molecule has 0 spiro atoms. The fraction of sp³-hybridized carbons (Fsp3) is 0.857. The third kappa shape index (κ3) is 6.86. The van der Waals surface area contributed by atoms with Crippen molar-refractivity contribution in [1.82, 2.24) is 15.1 Å². The highest BCUT2D eigenvalue weighted by Gasteiger charge is 2.19. The van der Waals surface area contributed by atoms with Gasteiger partial charge in [-0.3, -0.25) is 14.5 Å². The molecule has 3 N–H and O–H groups in total. The Hall–Kier alpha value is -1.14. The normalized spacial score (nSPS) is 17.2. The Balaban J connectivity index is 2.25. The number of nitrogens with one attached hydrogen (secondary N) is 1. The molecule has 20 heavy (non-hydrogen) atoms. The van der Waals surface area contributed by atoms with E-state index in [0.29, 0.717) is 25.6 Å². The van der Waals surface area contributed by atoms with Gasteiger partial charge in [0.05, 0.1) is 6.54 Å². The molecular formula is C14H28N4O2. The van der Waals surface area contributed by atoms with Gasteiger partial charge >= 0.3 is 0 Å². The Morgan fingerprint density at radius 1 is 1.20 bits per heavy atom. The summed E-state index contributed by atoms with van der Waals surface area (Å²) in [5.41, 5.74) is 5.21. The van der Waals surface area contributed by atoms with Crippen LogP contribution in [0.1, 0.15) is 33.1 Å². The van der Waals surface area contributed by atoms with E-state index in [1.54, 1.807) is 0 Å². The molecule has 1 fully saturated rings. The SMILES string of the molecule is CC(C)NCCCC(=O)N1CCCN(CC(N)=O)CC1. The maximum Gasteiger partial charge on any atom is 0.231 e. The monoisotopic (exact) mass is 284 g/mol. The molecule has 0 atom stereocenters. The lowest BCUT2D eigenvalue weighted by Crippen LogP contribution is -2.38. The van der Waals surface area contributed by atoms with Gasteiger partial charge in [0.15, 0.2) is 0 Å². The predicted molar refractivity (Wildman–Crippen MR) is 79.2 cm³/mol. The third-order valence-corrected chi connectivity index (χ3v) is 3.44. The first-order valence-electron chi connectivity index (χ1n) is 7.51. The molecule has 1 aliphatic rings. The Morgan fingerprint density at radius 2 is 1.95 bits per heavy atom. The summed E-state index contributed by atoms with van der Waals surface area (Å²) in [6, 6.07) is 0.464. The summed E-state index contributed by atoms with van der Waals surface area (Å²) < 4.78 is 0. The van der Waals surface area contributed by atoms with E-state index < -0.39 is 0 Å². The molecule has 0 bridgehead atoms. The average Bonchev–Trinajstić information content (AvgIpc) is 2.59. The molecule has 0 aromatic rings. The van der Waals surface area contributed by atoms with Crippen LogP contribution in [-0.4, -0.2) is 66.9 Å². The predicted octanol–water partition coefficient (Wildman–Crippen LogP) is -0.216. The van der Waals surface area contributed by atoms with E-state index in [4.69, 9.17) is 5.73 Å². The smallest absolute Gasteiger partial charge is 0.231 e. The van der Waals surface area contributed by atoms with Crippen molar-refractivity contribution in [3.8, 4) is 0 Å². The van der Waals surface area contributed by atoms with Gasteiger partial charge in [-0.2, -0.15) is 0 Å². The second kappa shape index (κ2) is 8.92.